The van der Waals surface area contributed by atoms with E-state index in [9.17, 15) is 5.11 Å². The number of rotatable bonds is 7. The van der Waals surface area contributed by atoms with Crippen LogP contribution in [0.15, 0.2) is 43.2 Å². The first-order chi connectivity index (χ1) is 12.9. The minimum Gasteiger partial charge on any atom is -0.496 e. The molecule has 0 radical (unpaired) electrons. The SMILES string of the molecule is C/C=C(OC)\C(=C/CC(C)(C)CO)c1ccc(C2CC2)nc1C.C=C.CC. The number of aryl methyl sites for hydroxylation is 1. The minimum absolute atomic E-state index is 0.146. The van der Waals surface area contributed by atoms with Gasteiger partial charge in [0.2, 0.25) is 0 Å². The van der Waals surface area contributed by atoms with Crippen LogP contribution in [0.3, 0.4) is 0 Å². The molecule has 1 aliphatic rings. The van der Waals surface area contributed by atoms with E-state index < -0.39 is 0 Å². The zero-order valence-corrected chi connectivity index (χ0v) is 18.4. The lowest BCUT2D eigenvalue weighted by atomic mass is 9.88. The Bertz CT molecular complexity index is 625. The molecule has 1 aromatic rings. The number of aliphatic hydroxyl groups is 1. The average molecular weight is 374 g/mol. The van der Waals surface area contributed by atoms with Gasteiger partial charge in [0.05, 0.1) is 7.11 Å². The van der Waals surface area contributed by atoms with Gasteiger partial charge in [-0.15, -0.1) is 13.2 Å². The molecule has 1 aromatic heterocycles. The van der Waals surface area contributed by atoms with Crippen LogP contribution >= 0.6 is 0 Å². The number of hydrogen-bond donors (Lipinski definition) is 1. The summed E-state index contributed by atoms with van der Waals surface area (Å²) >= 11 is 0. The Morgan fingerprint density at radius 1 is 1.30 bits per heavy atom. The summed E-state index contributed by atoms with van der Waals surface area (Å²) in [5, 5.41) is 9.50. The molecule has 0 bridgehead atoms. The van der Waals surface area contributed by atoms with Crippen LogP contribution in [0.2, 0.25) is 0 Å². The smallest absolute Gasteiger partial charge is 0.122 e. The monoisotopic (exact) mass is 373 g/mol. The van der Waals surface area contributed by atoms with Crippen LogP contribution in [-0.4, -0.2) is 23.8 Å². The molecule has 0 saturated heterocycles. The molecule has 0 aliphatic heterocycles. The first-order valence-corrected chi connectivity index (χ1v) is 9.91. The first kappa shape index (κ1) is 25.1. The van der Waals surface area contributed by atoms with Crippen molar-refractivity contribution in [3.8, 4) is 0 Å². The largest absolute Gasteiger partial charge is 0.496 e. The molecule has 0 unspecified atom stereocenters. The number of methoxy groups -OCH3 is 1. The summed E-state index contributed by atoms with van der Waals surface area (Å²) in [5.74, 6) is 1.51. The number of allylic oxidation sites excluding steroid dienone is 3. The molecule has 1 fully saturated rings. The number of ether oxygens (including phenoxy) is 1. The Kier molecular flexibility index (Phi) is 11.6. The first-order valence-electron chi connectivity index (χ1n) is 9.91. The lowest BCUT2D eigenvalue weighted by molar-refractivity contribution is 0.162. The standard InChI is InChI=1S/C20H29NO2.C2H6.C2H4/c1-6-19(23-5)17(11-12-20(3,4)13-22)16-9-10-18(15-7-8-15)21-14(16)2;2*1-2/h6,9-11,15,22H,7-8,12-13H2,1-5H3;1-2H3;1-2H2/b17-11-,19-6+;;. The number of pyridine rings is 1. The Morgan fingerprint density at radius 2 is 1.89 bits per heavy atom. The summed E-state index contributed by atoms with van der Waals surface area (Å²) in [5.41, 5.74) is 4.27. The van der Waals surface area contributed by atoms with Crippen LogP contribution in [0.1, 0.15) is 76.8 Å². The van der Waals surface area contributed by atoms with E-state index in [2.05, 4.69) is 52.1 Å². The molecule has 0 atom stereocenters. The minimum atomic E-state index is -0.146. The number of aliphatic hydroxyl groups excluding tert-OH is 1. The highest BCUT2D eigenvalue weighted by atomic mass is 16.5. The van der Waals surface area contributed by atoms with Crippen molar-refractivity contribution >= 4 is 5.57 Å². The van der Waals surface area contributed by atoms with E-state index in [1.807, 2.05) is 26.8 Å². The molecule has 1 aliphatic carbocycles. The van der Waals surface area contributed by atoms with Gasteiger partial charge >= 0.3 is 0 Å². The summed E-state index contributed by atoms with van der Waals surface area (Å²) in [4.78, 5) is 4.80. The number of nitrogens with zero attached hydrogens (tertiary/aromatic N) is 1. The van der Waals surface area contributed by atoms with E-state index in [0.717, 1.165) is 29.0 Å². The van der Waals surface area contributed by atoms with Gasteiger partial charge in [-0.1, -0.05) is 39.8 Å². The highest BCUT2D eigenvalue weighted by Gasteiger charge is 2.26. The van der Waals surface area contributed by atoms with E-state index >= 15 is 0 Å². The number of hydrogen-bond acceptors (Lipinski definition) is 3. The third-order valence-electron chi connectivity index (χ3n) is 4.43. The molecule has 1 N–H and O–H groups in total. The normalized spacial score (nSPS) is 14.5. The molecule has 3 heteroatoms. The van der Waals surface area contributed by atoms with Gasteiger partial charge in [-0.05, 0) is 50.7 Å². The fourth-order valence-electron chi connectivity index (χ4n) is 2.64. The second-order valence-electron chi connectivity index (χ2n) is 7.14. The van der Waals surface area contributed by atoms with Gasteiger partial charge in [-0.3, -0.25) is 4.98 Å². The summed E-state index contributed by atoms with van der Waals surface area (Å²) in [6, 6.07) is 4.31. The third-order valence-corrected chi connectivity index (χ3v) is 4.43. The van der Waals surface area contributed by atoms with Gasteiger partial charge in [0.25, 0.3) is 0 Å². The summed E-state index contributed by atoms with van der Waals surface area (Å²) in [7, 11) is 1.70. The predicted molar refractivity (Wildman–Crippen MR) is 118 cm³/mol. The van der Waals surface area contributed by atoms with Crippen molar-refractivity contribution in [1.29, 1.82) is 0 Å². The molecule has 2 rings (SSSR count). The van der Waals surface area contributed by atoms with Crippen molar-refractivity contribution in [2.24, 2.45) is 5.41 Å². The van der Waals surface area contributed by atoms with Crippen LogP contribution in [0, 0.1) is 12.3 Å². The fraction of sp³-hybridized carbons (Fsp3) is 0.542. The lowest BCUT2D eigenvalue weighted by Crippen LogP contribution is -2.15. The average Bonchev–Trinajstić information content (AvgIpc) is 3.54. The van der Waals surface area contributed by atoms with E-state index in [1.165, 1.54) is 18.5 Å². The van der Waals surface area contributed by atoms with Crippen molar-refractivity contribution in [2.75, 3.05) is 13.7 Å². The van der Waals surface area contributed by atoms with Crippen molar-refractivity contribution in [1.82, 2.24) is 4.98 Å². The Balaban J connectivity index is 0.00000158. The maximum Gasteiger partial charge on any atom is 0.122 e. The highest BCUT2D eigenvalue weighted by molar-refractivity contribution is 5.78. The molecule has 27 heavy (non-hydrogen) atoms. The molecule has 0 amide bonds. The molecule has 152 valence electrons. The van der Waals surface area contributed by atoms with Crippen molar-refractivity contribution in [2.45, 2.75) is 66.7 Å². The number of aromatic nitrogens is 1. The van der Waals surface area contributed by atoms with E-state index in [4.69, 9.17) is 9.72 Å². The summed E-state index contributed by atoms with van der Waals surface area (Å²) in [6.07, 6.45) is 7.44. The van der Waals surface area contributed by atoms with E-state index in [1.54, 1.807) is 7.11 Å². The molecule has 0 aromatic carbocycles. The molecular weight excluding hydrogens is 334 g/mol. The summed E-state index contributed by atoms with van der Waals surface area (Å²) < 4.78 is 5.56. The molecule has 3 nitrogen and oxygen atoms in total. The van der Waals surface area contributed by atoms with Gasteiger partial charge in [0, 0.05) is 35.0 Å². The van der Waals surface area contributed by atoms with Gasteiger partial charge < -0.3 is 9.84 Å². The van der Waals surface area contributed by atoms with Crippen molar-refractivity contribution in [3.05, 3.63) is 60.2 Å². The third kappa shape index (κ3) is 7.72. The maximum absolute atomic E-state index is 9.50. The molecule has 1 heterocycles. The molecule has 1 saturated carbocycles. The van der Waals surface area contributed by atoms with Gasteiger partial charge in [-0.25, -0.2) is 0 Å². The Labute approximate surface area is 166 Å². The highest BCUT2D eigenvalue weighted by Crippen LogP contribution is 2.40. The van der Waals surface area contributed by atoms with Crippen LogP contribution in [-0.2, 0) is 4.74 Å². The Morgan fingerprint density at radius 3 is 2.30 bits per heavy atom. The van der Waals surface area contributed by atoms with Crippen LogP contribution < -0.4 is 0 Å². The zero-order chi connectivity index (χ0) is 21.0. The predicted octanol–water partition coefficient (Wildman–Crippen LogP) is 6.44. The molecule has 0 spiro atoms. The van der Waals surface area contributed by atoms with Crippen LogP contribution in [0.25, 0.3) is 5.57 Å². The Hall–Kier alpha value is -1.87. The molecular formula is C24H39NO2. The topological polar surface area (TPSA) is 42.4 Å². The second-order valence-corrected chi connectivity index (χ2v) is 7.14. The van der Waals surface area contributed by atoms with Crippen molar-refractivity contribution in [3.63, 3.8) is 0 Å². The van der Waals surface area contributed by atoms with Crippen LogP contribution in [0.5, 0.6) is 0 Å². The zero-order valence-electron chi connectivity index (χ0n) is 18.4. The second kappa shape index (κ2) is 12.5. The van der Waals surface area contributed by atoms with Gasteiger partial charge in [0.1, 0.15) is 5.76 Å². The van der Waals surface area contributed by atoms with Gasteiger partial charge in [0.15, 0.2) is 0 Å². The van der Waals surface area contributed by atoms with Crippen LogP contribution in [0.4, 0.5) is 0 Å². The van der Waals surface area contributed by atoms with Gasteiger partial charge in [-0.2, -0.15) is 0 Å². The lowest BCUT2D eigenvalue weighted by Gasteiger charge is -2.21. The quantitative estimate of drug-likeness (QED) is 0.340. The fourth-order valence-corrected chi connectivity index (χ4v) is 2.64. The summed E-state index contributed by atoms with van der Waals surface area (Å²) in [6.45, 7) is 18.3. The van der Waals surface area contributed by atoms with Crippen molar-refractivity contribution < 1.29 is 9.84 Å². The van der Waals surface area contributed by atoms with E-state index in [0.29, 0.717) is 5.92 Å². The maximum atomic E-state index is 9.50. The van der Waals surface area contributed by atoms with E-state index in [-0.39, 0.29) is 12.0 Å².